The summed E-state index contributed by atoms with van der Waals surface area (Å²) in [6.45, 7) is 9.24. The normalized spacial score (nSPS) is 23.9. The Morgan fingerprint density at radius 2 is 1.92 bits per heavy atom. The van der Waals surface area contributed by atoms with Crippen LogP contribution in [-0.2, 0) is 0 Å². The van der Waals surface area contributed by atoms with E-state index >= 15 is 0 Å². The number of nitrogens with zero attached hydrogens (tertiary/aromatic N) is 3. The first-order valence-corrected chi connectivity index (χ1v) is 10.6. The van der Waals surface area contributed by atoms with Crippen LogP contribution >= 0.6 is 35.7 Å². The van der Waals surface area contributed by atoms with Gasteiger partial charge in [0, 0.05) is 43.9 Å². The summed E-state index contributed by atoms with van der Waals surface area (Å²) in [4.78, 5) is 10.9. The van der Waals surface area contributed by atoms with Crippen molar-refractivity contribution in [3.63, 3.8) is 0 Å². The molecule has 1 N–H and O–H groups in total. The second kappa shape index (κ2) is 11.4. The van der Waals surface area contributed by atoms with Crippen LogP contribution in [0, 0.1) is 11.8 Å². The molecular weight excluding hydrogens is 455 g/mol. The number of rotatable bonds is 6. The predicted octanol–water partition coefficient (Wildman–Crippen LogP) is 3.64. The molecule has 6 heteroatoms. The van der Waals surface area contributed by atoms with Crippen molar-refractivity contribution in [2.75, 3.05) is 52.1 Å². The van der Waals surface area contributed by atoms with Crippen molar-refractivity contribution < 1.29 is 0 Å². The van der Waals surface area contributed by atoms with Gasteiger partial charge in [-0.1, -0.05) is 25.1 Å². The van der Waals surface area contributed by atoms with Gasteiger partial charge in [-0.3, -0.25) is 4.99 Å². The van der Waals surface area contributed by atoms with Gasteiger partial charge in [0.15, 0.2) is 5.96 Å². The SMILES string of the molecule is CCN1CCC(CNC(=NC)N2CCC(CSc3ccccc3)C2)C1.I. The summed E-state index contributed by atoms with van der Waals surface area (Å²) in [7, 11) is 1.92. The summed E-state index contributed by atoms with van der Waals surface area (Å²) in [5, 5.41) is 3.63. The number of nitrogens with one attached hydrogen (secondary N) is 1. The molecule has 4 nitrogen and oxygen atoms in total. The van der Waals surface area contributed by atoms with Crippen LogP contribution in [0.15, 0.2) is 40.2 Å². The molecule has 2 unspecified atom stereocenters. The Morgan fingerprint density at radius 3 is 2.62 bits per heavy atom. The van der Waals surface area contributed by atoms with Crippen molar-refractivity contribution in [1.29, 1.82) is 0 Å². The van der Waals surface area contributed by atoms with Gasteiger partial charge in [-0.05, 0) is 49.9 Å². The van der Waals surface area contributed by atoms with Gasteiger partial charge >= 0.3 is 0 Å². The zero-order chi connectivity index (χ0) is 17.5. The van der Waals surface area contributed by atoms with Crippen molar-refractivity contribution in [2.24, 2.45) is 16.8 Å². The van der Waals surface area contributed by atoms with E-state index in [1.165, 1.54) is 43.1 Å². The Labute approximate surface area is 180 Å². The molecule has 2 aliphatic rings. The maximum absolute atomic E-state index is 4.53. The molecule has 0 saturated carbocycles. The molecule has 2 heterocycles. The zero-order valence-electron chi connectivity index (χ0n) is 16.1. The van der Waals surface area contributed by atoms with E-state index in [0.29, 0.717) is 0 Å². The second-order valence-corrected chi connectivity index (χ2v) is 8.29. The zero-order valence-corrected chi connectivity index (χ0v) is 19.2. The van der Waals surface area contributed by atoms with Crippen molar-refractivity contribution in [1.82, 2.24) is 15.1 Å². The highest BCUT2D eigenvalue weighted by atomic mass is 127. The van der Waals surface area contributed by atoms with E-state index in [-0.39, 0.29) is 24.0 Å². The molecule has 3 rings (SSSR count). The molecule has 1 aromatic carbocycles. The molecule has 0 spiro atoms. The van der Waals surface area contributed by atoms with E-state index in [0.717, 1.165) is 37.4 Å². The number of benzene rings is 1. The van der Waals surface area contributed by atoms with Crippen LogP contribution in [0.1, 0.15) is 19.8 Å². The molecule has 2 saturated heterocycles. The third-order valence-electron chi connectivity index (χ3n) is 5.39. The highest BCUT2D eigenvalue weighted by Crippen LogP contribution is 2.26. The molecule has 2 aliphatic heterocycles. The molecule has 146 valence electrons. The molecule has 2 atom stereocenters. The number of halogens is 1. The van der Waals surface area contributed by atoms with Gasteiger partial charge in [-0.15, -0.1) is 35.7 Å². The first-order valence-electron chi connectivity index (χ1n) is 9.64. The lowest BCUT2D eigenvalue weighted by Gasteiger charge is -2.23. The molecule has 0 aliphatic carbocycles. The lowest BCUT2D eigenvalue weighted by atomic mass is 10.1. The van der Waals surface area contributed by atoms with Crippen LogP contribution in [-0.4, -0.2) is 67.8 Å². The molecule has 2 fully saturated rings. The van der Waals surface area contributed by atoms with E-state index in [1.54, 1.807) is 0 Å². The maximum Gasteiger partial charge on any atom is 0.193 e. The van der Waals surface area contributed by atoms with Crippen molar-refractivity contribution in [3.8, 4) is 0 Å². The lowest BCUT2D eigenvalue weighted by molar-refractivity contribution is 0.340. The third-order valence-corrected chi connectivity index (χ3v) is 6.64. The van der Waals surface area contributed by atoms with Crippen molar-refractivity contribution in [3.05, 3.63) is 30.3 Å². The van der Waals surface area contributed by atoms with E-state index in [2.05, 4.69) is 57.4 Å². The fourth-order valence-electron chi connectivity index (χ4n) is 3.83. The van der Waals surface area contributed by atoms with Crippen LogP contribution in [0.5, 0.6) is 0 Å². The van der Waals surface area contributed by atoms with E-state index in [1.807, 2.05) is 18.8 Å². The Balaban J connectivity index is 0.00000243. The number of likely N-dealkylation sites (tertiary alicyclic amines) is 2. The van der Waals surface area contributed by atoms with Crippen LogP contribution in [0.2, 0.25) is 0 Å². The average Bonchev–Trinajstić information content (AvgIpc) is 3.31. The quantitative estimate of drug-likeness (QED) is 0.287. The number of aliphatic imine (C=N–C) groups is 1. The van der Waals surface area contributed by atoms with E-state index in [9.17, 15) is 0 Å². The van der Waals surface area contributed by atoms with Gasteiger partial charge in [0.25, 0.3) is 0 Å². The van der Waals surface area contributed by atoms with Gasteiger partial charge in [0.2, 0.25) is 0 Å². The minimum Gasteiger partial charge on any atom is -0.356 e. The highest BCUT2D eigenvalue weighted by Gasteiger charge is 2.26. The third kappa shape index (κ3) is 6.30. The van der Waals surface area contributed by atoms with Gasteiger partial charge in [0.1, 0.15) is 0 Å². The number of hydrogen-bond donors (Lipinski definition) is 1. The molecular formula is C20H33IN4S. The number of thioether (sulfide) groups is 1. The van der Waals surface area contributed by atoms with Gasteiger partial charge < -0.3 is 15.1 Å². The average molecular weight is 488 g/mol. The molecule has 1 aromatic rings. The molecule has 26 heavy (non-hydrogen) atoms. The number of guanidine groups is 1. The van der Waals surface area contributed by atoms with Crippen LogP contribution in [0.3, 0.4) is 0 Å². The molecule has 0 amide bonds. The first kappa shape index (κ1) is 21.8. The maximum atomic E-state index is 4.53. The van der Waals surface area contributed by atoms with Gasteiger partial charge in [-0.25, -0.2) is 0 Å². The van der Waals surface area contributed by atoms with E-state index < -0.39 is 0 Å². The van der Waals surface area contributed by atoms with E-state index in [4.69, 9.17) is 0 Å². The number of hydrogen-bond acceptors (Lipinski definition) is 3. The fraction of sp³-hybridized carbons (Fsp3) is 0.650. The summed E-state index contributed by atoms with van der Waals surface area (Å²) < 4.78 is 0. The van der Waals surface area contributed by atoms with Crippen LogP contribution in [0.4, 0.5) is 0 Å². The topological polar surface area (TPSA) is 30.9 Å². The summed E-state index contributed by atoms with van der Waals surface area (Å²) in [5.74, 6) is 3.82. The van der Waals surface area contributed by atoms with Crippen LogP contribution < -0.4 is 5.32 Å². The Morgan fingerprint density at radius 1 is 1.15 bits per heavy atom. The summed E-state index contributed by atoms with van der Waals surface area (Å²) in [5.41, 5.74) is 0. The van der Waals surface area contributed by atoms with Crippen molar-refractivity contribution in [2.45, 2.75) is 24.7 Å². The van der Waals surface area contributed by atoms with Gasteiger partial charge in [0.05, 0.1) is 0 Å². The Hall–Kier alpha value is -0.470. The van der Waals surface area contributed by atoms with Gasteiger partial charge in [-0.2, -0.15) is 0 Å². The molecule has 0 aromatic heterocycles. The summed E-state index contributed by atoms with van der Waals surface area (Å²) in [6.07, 6.45) is 2.59. The second-order valence-electron chi connectivity index (χ2n) is 7.20. The standard InChI is InChI=1S/C20H32N4S.HI/c1-3-23-11-9-17(14-23)13-22-20(21-2)24-12-10-18(15-24)16-25-19-7-5-4-6-8-19;/h4-8,17-18H,3,9-16H2,1-2H3,(H,21,22);1H. The lowest BCUT2D eigenvalue weighted by Crippen LogP contribution is -2.42. The highest BCUT2D eigenvalue weighted by molar-refractivity contribution is 14.0. The Kier molecular flexibility index (Phi) is 9.56. The van der Waals surface area contributed by atoms with Crippen molar-refractivity contribution >= 4 is 41.7 Å². The monoisotopic (exact) mass is 488 g/mol. The fourth-order valence-corrected chi connectivity index (χ4v) is 4.88. The minimum atomic E-state index is 0. The first-order chi connectivity index (χ1) is 12.3. The summed E-state index contributed by atoms with van der Waals surface area (Å²) >= 11 is 1.98. The van der Waals surface area contributed by atoms with Crippen LogP contribution in [0.25, 0.3) is 0 Å². The summed E-state index contributed by atoms with van der Waals surface area (Å²) in [6, 6.07) is 10.7. The molecule has 0 radical (unpaired) electrons. The Bertz CT molecular complexity index is 554. The molecule has 0 bridgehead atoms. The largest absolute Gasteiger partial charge is 0.356 e. The predicted molar refractivity (Wildman–Crippen MR) is 124 cm³/mol. The smallest absolute Gasteiger partial charge is 0.193 e. The minimum absolute atomic E-state index is 0.